The number of carboxylic acid groups (broad SMARTS) is 1. The van der Waals surface area contributed by atoms with Crippen molar-refractivity contribution >= 4 is 17.6 Å². The Balaban J connectivity index is 2.58. The lowest BCUT2D eigenvalue weighted by atomic mass is 9.98. The number of nitrogens with zero attached hydrogens (tertiary/aromatic N) is 1. The van der Waals surface area contributed by atoms with E-state index in [0.29, 0.717) is 0 Å². The molecule has 1 heterocycles. The van der Waals surface area contributed by atoms with Crippen LogP contribution >= 0.6 is 11.6 Å². The van der Waals surface area contributed by atoms with Gasteiger partial charge in [0.15, 0.2) is 0 Å². The molecule has 0 spiro atoms. The molecule has 3 nitrogen and oxygen atoms in total. The number of rotatable bonds is 3. The third-order valence-corrected chi connectivity index (χ3v) is 3.08. The quantitative estimate of drug-likeness (QED) is 0.858. The Morgan fingerprint density at radius 1 is 1.39 bits per heavy atom. The van der Waals surface area contributed by atoms with E-state index in [1.165, 1.54) is 0 Å². The van der Waals surface area contributed by atoms with E-state index in [2.05, 4.69) is 11.9 Å². The lowest BCUT2D eigenvalue weighted by Crippen LogP contribution is -2.00. The fourth-order valence-electron chi connectivity index (χ4n) is 1.86. The van der Waals surface area contributed by atoms with Crippen LogP contribution in [0.3, 0.4) is 0 Å². The van der Waals surface area contributed by atoms with Crippen molar-refractivity contribution in [1.82, 2.24) is 4.98 Å². The first-order valence-electron chi connectivity index (χ1n) is 5.60. The highest BCUT2D eigenvalue weighted by Crippen LogP contribution is 2.26. The van der Waals surface area contributed by atoms with Crippen molar-refractivity contribution in [2.24, 2.45) is 0 Å². The van der Waals surface area contributed by atoms with Gasteiger partial charge in [-0.25, -0.2) is 9.78 Å². The van der Waals surface area contributed by atoms with Gasteiger partial charge in [0.2, 0.25) is 0 Å². The molecule has 18 heavy (non-hydrogen) atoms. The van der Waals surface area contributed by atoms with Crippen LogP contribution in [-0.4, -0.2) is 16.1 Å². The first-order valence-corrected chi connectivity index (χ1v) is 5.98. The molecule has 0 saturated heterocycles. The first kappa shape index (κ1) is 12.6. The second kappa shape index (κ2) is 5.19. The molecule has 0 aliphatic heterocycles. The Kier molecular flexibility index (Phi) is 3.63. The Hall–Kier alpha value is -1.87. The summed E-state index contributed by atoms with van der Waals surface area (Å²) in [5.74, 6) is -1.07. The number of aromatic nitrogens is 1. The lowest BCUT2D eigenvalue weighted by molar-refractivity contribution is 0.0696. The molecular formula is C14H12ClNO2. The van der Waals surface area contributed by atoms with Crippen LogP contribution in [0.1, 0.15) is 22.8 Å². The summed E-state index contributed by atoms with van der Waals surface area (Å²) in [6.07, 6.45) is 2.48. The molecule has 0 radical (unpaired) electrons. The summed E-state index contributed by atoms with van der Waals surface area (Å²) in [5, 5.41) is 9.05. The summed E-state index contributed by atoms with van der Waals surface area (Å²) in [6, 6.07) is 9.42. The topological polar surface area (TPSA) is 50.2 Å². The molecule has 1 aromatic heterocycles. The highest BCUT2D eigenvalue weighted by Gasteiger charge is 2.12. The van der Waals surface area contributed by atoms with Crippen molar-refractivity contribution in [2.75, 3.05) is 0 Å². The zero-order valence-corrected chi connectivity index (χ0v) is 10.6. The van der Waals surface area contributed by atoms with Gasteiger partial charge in [0.25, 0.3) is 0 Å². The van der Waals surface area contributed by atoms with Gasteiger partial charge in [-0.2, -0.15) is 0 Å². The fraction of sp³-hybridized carbons (Fsp3) is 0.143. The first-order chi connectivity index (χ1) is 8.63. The Bertz CT molecular complexity index is 596. The number of benzene rings is 1. The van der Waals surface area contributed by atoms with Gasteiger partial charge in [-0.15, -0.1) is 0 Å². The van der Waals surface area contributed by atoms with Crippen molar-refractivity contribution in [3.8, 4) is 11.1 Å². The Labute approximate surface area is 110 Å². The van der Waals surface area contributed by atoms with E-state index < -0.39 is 5.97 Å². The van der Waals surface area contributed by atoms with E-state index in [0.717, 1.165) is 23.1 Å². The molecule has 4 heteroatoms. The normalized spacial score (nSPS) is 10.3. The largest absolute Gasteiger partial charge is 0.478 e. The highest BCUT2D eigenvalue weighted by atomic mass is 35.5. The summed E-state index contributed by atoms with van der Waals surface area (Å²) in [7, 11) is 0. The lowest BCUT2D eigenvalue weighted by Gasteiger charge is -2.08. The highest BCUT2D eigenvalue weighted by molar-refractivity contribution is 6.32. The number of hydrogen-bond acceptors (Lipinski definition) is 2. The maximum absolute atomic E-state index is 11.0. The average molecular weight is 262 g/mol. The third-order valence-electron chi connectivity index (χ3n) is 2.78. The predicted octanol–water partition coefficient (Wildman–Crippen LogP) is 3.66. The third kappa shape index (κ3) is 2.36. The molecule has 0 unspecified atom stereocenters. The van der Waals surface area contributed by atoms with Crippen molar-refractivity contribution in [2.45, 2.75) is 13.3 Å². The number of carboxylic acids is 1. The minimum absolute atomic E-state index is 0.0141. The number of halogens is 1. The van der Waals surface area contributed by atoms with Gasteiger partial charge in [0, 0.05) is 11.8 Å². The van der Waals surface area contributed by atoms with Crippen molar-refractivity contribution in [1.29, 1.82) is 0 Å². The van der Waals surface area contributed by atoms with Crippen LogP contribution in [0.5, 0.6) is 0 Å². The zero-order valence-electron chi connectivity index (χ0n) is 9.85. The smallest absolute Gasteiger partial charge is 0.338 e. The van der Waals surface area contributed by atoms with Crippen LogP contribution < -0.4 is 0 Å². The molecule has 2 rings (SSSR count). The predicted molar refractivity (Wildman–Crippen MR) is 71.0 cm³/mol. The van der Waals surface area contributed by atoms with Crippen LogP contribution in [-0.2, 0) is 6.42 Å². The molecule has 0 bridgehead atoms. The van der Waals surface area contributed by atoms with E-state index in [-0.39, 0.29) is 10.7 Å². The molecule has 0 saturated carbocycles. The second-order valence-corrected chi connectivity index (χ2v) is 4.24. The molecule has 2 aromatic rings. The molecule has 0 atom stereocenters. The molecule has 0 aliphatic rings. The molecule has 1 N–H and O–H groups in total. The van der Waals surface area contributed by atoms with Crippen molar-refractivity contribution in [3.05, 3.63) is 52.8 Å². The second-order valence-electron chi connectivity index (χ2n) is 3.88. The minimum atomic E-state index is -1.07. The monoisotopic (exact) mass is 261 g/mol. The number of aryl methyl sites for hydroxylation is 1. The van der Waals surface area contributed by atoms with Gasteiger partial charge < -0.3 is 5.11 Å². The molecular weight excluding hydrogens is 250 g/mol. The van der Waals surface area contributed by atoms with Gasteiger partial charge in [-0.1, -0.05) is 42.8 Å². The van der Waals surface area contributed by atoms with E-state index in [9.17, 15) is 4.79 Å². The molecule has 0 amide bonds. The van der Waals surface area contributed by atoms with E-state index in [4.69, 9.17) is 16.7 Å². The summed E-state index contributed by atoms with van der Waals surface area (Å²) in [5.41, 5.74) is 2.94. The average Bonchev–Trinajstić information content (AvgIpc) is 2.39. The van der Waals surface area contributed by atoms with E-state index in [1.54, 1.807) is 12.3 Å². The Morgan fingerprint density at radius 2 is 2.11 bits per heavy atom. The molecule has 0 aliphatic carbocycles. The van der Waals surface area contributed by atoms with Crippen LogP contribution in [0.2, 0.25) is 5.15 Å². The van der Waals surface area contributed by atoms with Gasteiger partial charge in [-0.05, 0) is 23.6 Å². The molecule has 0 fully saturated rings. The van der Waals surface area contributed by atoms with Gasteiger partial charge in [-0.3, -0.25) is 0 Å². The van der Waals surface area contributed by atoms with Gasteiger partial charge in [0.05, 0.1) is 5.56 Å². The van der Waals surface area contributed by atoms with E-state index in [1.807, 2.05) is 24.3 Å². The minimum Gasteiger partial charge on any atom is -0.478 e. The van der Waals surface area contributed by atoms with Crippen molar-refractivity contribution in [3.63, 3.8) is 0 Å². The van der Waals surface area contributed by atoms with Crippen LogP contribution in [0.4, 0.5) is 0 Å². The van der Waals surface area contributed by atoms with Crippen LogP contribution in [0.25, 0.3) is 11.1 Å². The number of pyridine rings is 1. The summed E-state index contributed by atoms with van der Waals surface area (Å²) in [6.45, 7) is 2.06. The zero-order chi connectivity index (χ0) is 13.1. The summed E-state index contributed by atoms with van der Waals surface area (Å²) >= 11 is 5.76. The van der Waals surface area contributed by atoms with Gasteiger partial charge in [0.1, 0.15) is 5.15 Å². The van der Waals surface area contributed by atoms with Gasteiger partial charge >= 0.3 is 5.97 Å². The molecule has 92 valence electrons. The van der Waals surface area contributed by atoms with E-state index >= 15 is 0 Å². The maximum atomic E-state index is 11.0. The molecule has 1 aromatic carbocycles. The summed E-state index contributed by atoms with van der Waals surface area (Å²) < 4.78 is 0. The van der Waals surface area contributed by atoms with Crippen LogP contribution in [0.15, 0.2) is 36.5 Å². The fourth-order valence-corrected chi connectivity index (χ4v) is 2.04. The maximum Gasteiger partial charge on any atom is 0.338 e. The SMILES string of the molecule is CCc1ccccc1-c1cnc(Cl)c(C(=O)O)c1. The summed E-state index contributed by atoms with van der Waals surface area (Å²) in [4.78, 5) is 15.0. The number of aromatic carboxylic acids is 1. The van der Waals surface area contributed by atoms with Crippen molar-refractivity contribution < 1.29 is 9.90 Å². The standard InChI is InChI=1S/C14H12ClNO2/c1-2-9-5-3-4-6-11(9)10-7-12(14(17)18)13(15)16-8-10/h3-8H,2H2,1H3,(H,17,18). The number of hydrogen-bond donors (Lipinski definition) is 1. The van der Waals surface area contributed by atoms with Crippen LogP contribution in [0, 0.1) is 0 Å². The Morgan fingerprint density at radius 3 is 2.78 bits per heavy atom. The number of carbonyl (C=O) groups is 1.